The molecule has 0 aromatic heterocycles. The lowest BCUT2D eigenvalue weighted by Gasteiger charge is -2.32. The van der Waals surface area contributed by atoms with E-state index in [1.165, 1.54) is 10.5 Å². The second-order valence-electron chi connectivity index (χ2n) is 9.84. The van der Waals surface area contributed by atoms with E-state index in [1.807, 2.05) is 37.3 Å². The van der Waals surface area contributed by atoms with Gasteiger partial charge in [-0.25, -0.2) is 4.90 Å². The smallest absolute Gasteiger partial charge is 0.282 e. The summed E-state index contributed by atoms with van der Waals surface area (Å²) in [5.74, 6) is 1.30. The normalized spacial score (nSPS) is 17.5. The van der Waals surface area contributed by atoms with Gasteiger partial charge in [-0.05, 0) is 79.5 Å². The van der Waals surface area contributed by atoms with Gasteiger partial charge >= 0.3 is 0 Å². The number of nitrogens with zero attached hydrogens (tertiary/aromatic N) is 2. The van der Waals surface area contributed by atoms with Gasteiger partial charge in [0.2, 0.25) is 0 Å². The van der Waals surface area contributed by atoms with Gasteiger partial charge in [-0.3, -0.25) is 9.59 Å². The quantitative estimate of drug-likeness (QED) is 0.561. The maximum absolute atomic E-state index is 13.7. The Hall–Kier alpha value is -3.08. The topological polar surface area (TPSA) is 49.9 Å². The van der Waals surface area contributed by atoms with Gasteiger partial charge in [0, 0.05) is 13.1 Å². The second kappa shape index (κ2) is 9.42. The number of piperidine rings is 1. The molecule has 0 atom stereocenters. The number of carbonyl (C=O) groups excluding carboxylic acids is 2. The molecular weight excluding hydrogens is 412 g/mol. The molecule has 2 aromatic carbocycles. The van der Waals surface area contributed by atoms with Gasteiger partial charge in [0.15, 0.2) is 0 Å². The third-order valence-corrected chi connectivity index (χ3v) is 6.63. The predicted molar refractivity (Wildman–Crippen MR) is 132 cm³/mol. The van der Waals surface area contributed by atoms with Crippen LogP contribution in [-0.2, 0) is 9.59 Å². The average Bonchev–Trinajstić information content (AvgIpc) is 3.05. The Bertz CT molecular complexity index is 1080. The van der Waals surface area contributed by atoms with Crippen molar-refractivity contribution in [3.63, 3.8) is 0 Å². The first-order chi connectivity index (χ1) is 15.8. The molecule has 0 aliphatic carbocycles. The van der Waals surface area contributed by atoms with Crippen LogP contribution in [0.3, 0.4) is 0 Å². The molecule has 1 fully saturated rings. The monoisotopic (exact) mass is 446 g/mol. The number of hydrogen-bond acceptors (Lipinski definition) is 4. The van der Waals surface area contributed by atoms with Crippen molar-refractivity contribution in [2.75, 3.05) is 24.6 Å². The van der Waals surface area contributed by atoms with Crippen LogP contribution in [0.2, 0.25) is 0 Å². The fraction of sp³-hybridized carbons (Fsp3) is 0.429. The maximum atomic E-state index is 13.7. The van der Waals surface area contributed by atoms with Gasteiger partial charge < -0.3 is 9.64 Å². The maximum Gasteiger partial charge on any atom is 0.282 e. The lowest BCUT2D eigenvalue weighted by Crippen LogP contribution is -2.38. The number of hydrogen-bond donors (Lipinski definition) is 0. The summed E-state index contributed by atoms with van der Waals surface area (Å²) in [6.45, 7) is 12.7. The van der Waals surface area contributed by atoms with Crippen LogP contribution in [0.5, 0.6) is 5.75 Å². The van der Waals surface area contributed by atoms with Crippen molar-refractivity contribution >= 4 is 23.1 Å². The number of amides is 2. The summed E-state index contributed by atoms with van der Waals surface area (Å²) in [5, 5.41) is 0. The molecule has 0 saturated carbocycles. The van der Waals surface area contributed by atoms with Crippen LogP contribution in [0.15, 0.2) is 48.2 Å². The van der Waals surface area contributed by atoms with Crippen molar-refractivity contribution in [1.82, 2.24) is 4.90 Å². The number of anilines is 1. The van der Waals surface area contributed by atoms with Crippen molar-refractivity contribution in [2.45, 2.75) is 47.5 Å². The molecule has 2 aromatic rings. The zero-order chi connectivity index (χ0) is 23.7. The summed E-state index contributed by atoms with van der Waals surface area (Å²) >= 11 is 0. The summed E-state index contributed by atoms with van der Waals surface area (Å²) in [7, 11) is 0. The largest absolute Gasteiger partial charge is 0.493 e. The zero-order valence-corrected chi connectivity index (χ0v) is 20.4. The molecule has 174 valence electrons. The number of carbonyl (C=O) groups is 2. The fourth-order valence-electron chi connectivity index (χ4n) is 4.39. The Morgan fingerprint density at radius 2 is 1.61 bits per heavy atom. The van der Waals surface area contributed by atoms with Gasteiger partial charge in [-0.1, -0.05) is 39.0 Å². The molecule has 0 N–H and O–H groups in total. The molecule has 0 spiro atoms. The van der Waals surface area contributed by atoms with Crippen LogP contribution in [0.4, 0.5) is 5.69 Å². The number of benzene rings is 2. The molecule has 5 nitrogen and oxygen atoms in total. The standard InChI is InChI=1S/C28H34N2O3/c1-18(2)17-33-24-10-8-23(9-11-24)30-27(31)25(22-7-6-20(4)21(5)16-22)26(28(30)32)29-14-12-19(3)13-15-29/h6-11,16,18-19H,12-15,17H2,1-5H3. The molecule has 4 rings (SSSR count). The molecular formula is C28H34N2O3. The average molecular weight is 447 g/mol. The minimum absolute atomic E-state index is 0.237. The molecule has 2 aliphatic heterocycles. The second-order valence-corrected chi connectivity index (χ2v) is 9.84. The lowest BCUT2D eigenvalue weighted by molar-refractivity contribution is -0.120. The summed E-state index contributed by atoms with van der Waals surface area (Å²) in [6.07, 6.45) is 2.04. The summed E-state index contributed by atoms with van der Waals surface area (Å²) in [6, 6.07) is 13.3. The molecule has 0 radical (unpaired) electrons. The third-order valence-electron chi connectivity index (χ3n) is 6.63. The van der Waals surface area contributed by atoms with Crippen LogP contribution >= 0.6 is 0 Å². The van der Waals surface area contributed by atoms with Crippen molar-refractivity contribution < 1.29 is 14.3 Å². The highest BCUT2D eigenvalue weighted by Gasteiger charge is 2.43. The Labute approximate surface area is 197 Å². The van der Waals surface area contributed by atoms with Crippen molar-refractivity contribution in [2.24, 2.45) is 11.8 Å². The summed E-state index contributed by atoms with van der Waals surface area (Å²) < 4.78 is 5.77. The van der Waals surface area contributed by atoms with E-state index < -0.39 is 0 Å². The van der Waals surface area contributed by atoms with Crippen LogP contribution in [0.1, 0.15) is 50.3 Å². The van der Waals surface area contributed by atoms with Gasteiger partial charge in [0.1, 0.15) is 11.4 Å². The highest BCUT2D eigenvalue weighted by molar-refractivity contribution is 6.45. The molecule has 0 bridgehead atoms. The number of ether oxygens (including phenoxy) is 1. The molecule has 0 unspecified atom stereocenters. The zero-order valence-electron chi connectivity index (χ0n) is 20.4. The SMILES string of the molecule is Cc1ccc(C2=C(N3CCC(C)CC3)C(=O)N(c3ccc(OCC(C)C)cc3)C2=O)cc1C. The van der Waals surface area contributed by atoms with E-state index in [-0.39, 0.29) is 11.8 Å². The van der Waals surface area contributed by atoms with Crippen molar-refractivity contribution in [3.05, 3.63) is 64.9 Å². The first-order valence-corrected chi connectivity index (χ1v) is 11.9. The van der Waals surface area contributed by atoms with E-state index in [0.29, 0.717) is 35.4 Å². The predicted octanol–water partition coefficient (Wildman–Crippen LogP) is 5.35. The van der Waals surface area contributed by atoms with E-state index in [2.05, 4.69) is 32.6 Å². The Balaban J connectivity index is 1.70. The molecule has 5 heteroatoms. The minimum atomic E-state index is -0.257. The fourth-order valence-corrected chi connectivity index (χ4v) is 4.39. The summed E-state index contributed by atoms with van der Waals surface area (Å²) in [5.41, 5.74) is 4.71. The highest BCUT2D eigenvalue weighted by atomic mass is 16.5. The van der Waals surface area contributed by atoms with E-state index >= 15 is 0 Å². The summed E-state index contributed by atoms with van der Waals surface area (Å²) in [4.78, 5) is 30.9. The number of imide groups is 1. The van der Waals surface area contributed by atoms with Crippen LogP contribution < -0.4 is 9.64 Å². The molecule has 33 heavy (non-hydrogen) atoms. The third kappa shape index (κ3) is 4.68. The molecule has 2 amide bonds. The number of rotatable bonds is 6. The minimum Gasteiger partial charge on any atom is -0.493 e. The van der Waals surface area contributed by atoms with Gasteiger partial charge in [-0.2, -0.15) is 0 Å². The Morgan fingerprint density at radius 3 is 2.21 bits per heavy atom. The van der Waals surface area contributed by atoms with E-state index in [0.717, 1.165) is 42.8 Å². The number of aryl methyl sites for hydroxylation is 2. The first kappa shape index (κ1) is 23.1. The van der Waals surface area contributed by atoms with Gasteiger partial charge in [0.05, 0.1) is 17.9 Å². The Morgan fingerprint density at radius 1 is 0.939 bits per heavy atom. The van der Waals surface area contributed by atoms with E-state index in [9.17, 15) is 9.59 Å². The highest BCUT2D eigenvalue weighted by Crippen LogP contribution is 2.37. The van der Waals surface area contributed by atoms with E-state index in [4.69, 9.17) is 4.74 Å². The first-order valence-electron chi connectivity index (χ1n) is 11.9. The number of likely N-dealkylation sites (tertiary alicyclic amines) is 1. The van der Waals surface area contributed by atoms with Gasteiger partial charge in [-0.15, -0.1) is 0 Å². The van der Waals surface area contributed by atoms with E-state index in [1.54, 1.807) is 12.1 Å². The van der Waals surface area contributed by atoms with Crippen LogP contribution in [0, 0.1) is 25.7 Å². The van der Waals surface area contributed by atoms with Crippen LogP contribution in [-0.4, -0.2) is 36.4 Å². The van der Waals surface area contributed by atoms with Crippen LogP contribution in [0.25, 0.3) is 5.57 Å². The molecule has 1 saturated heterocycles. The van der Waals surface area contributed by atoms with Crippen molar-refractivity contribution in [1.29, 1.82) is 0 Å². The van der Waals surface area contributed by atoms with Gasteiger partial charge in [0.25, 0.3) is 11.8 Å². The Kier molecular flexibility index (Phi) is 6.59. The molecule has 2 heterocycles. The molecule has 2 aliphatic rings. The van der Waals surface area contributed by atoms with Crippen molar-refractivity contribution in [3.8, 4) is 5.75 Å². The lowest BCUT2D eigenvalue weighted by atomic mass is 9.96.